The largest absolute Gasteiger partial charge is 0.368 e. The fraction of sp³-hybridized carbons (Fsp3) is 0.471. The van der Waals surface area contributed by atoms with Gasteiger partial charge in [-0.05, 0) is 38.1 Å². The molecule has 7 nitrogen and oxygen atoms in total. The van der Waals surface area contributed by atoms with E-state index in [0.717, 1.165) is 44.4 Å². The van der Waals surface area contributed by atoms with E-state index >= 15 is 0 Å². The van der Waals surface area contributed by atoms with Gasteiger partial charge < -0.3 is 19.6 Å². The first-order chi connectivity index (χ1) is 12.2. The van der Waals surface area contributed by atoms with Gasteiger partial charge in [0.15, 0.2) is 11.8 Å². The van der Waals surface area contributed by atoms with Crippen LogP contribution in [0.3, 0.4) is 0 Å². The van der Waals surface area contributed by atoms with Crippen LogP contribution in [0, 0.1) is 12.7 Å². The van der Waals surface area contributed by atoms with Crippen LogP contribution in [-0.4, -0.2) is 53.7 Å². The van der Waals surface area contributed by atoms with Crippen molar-refractivity contribution in [3.05, 3.63) is 41.8 Å². The number of benzene rings is 1. The molecule has 3 rings (SSSR count). The maximum atomic E-state index is 13.1. The smallest absolute Gasteiger partial charge is 0.248 e. The molecule has 1 N–H and O–H groups in total. The molecule has 9 heteroatoms. The lowest BCUT2D eigenvalue weighted by molar-refractivity contribution is 0.363. The van der Waals surface area contributed by atoms with Gasteiger partial charge in [-0.1, -0.05) is 5.16 Å². The van der Waals surface area contributed by atoms with E-state index in [1.165, 1.54) is 12.1 Å². The van der Waals surface area contributed by atoms with Crippen molar-refractivity contribution in [1.29, 1.82) is 0 Å². The standard InChI is InChI=1S/C17H23FN6O.HI/c1-3-19-17(20-12-16-21-13(2)22-25-16)24-10-8-23(9-11-24)15-6-4-14(18)5-7-15;/h4-7H,3,8-12H2,1-2H3,(H,19,20);1H. The van der Waals surface area contributed by atoms with E-state index in [2.05, 4.69) is 30.2 Å². The Kier molecular flexibility index (Phi) is 7.61. The number of aromatic nitrogens is 2. The van der Waals surface area contributed by atoms with Crippen LogP contribution >= 0.6 is 24.0 Å². The maximum absolute atomic E-state index is 13.1. The first-order valence-electron chi connectivity index (χ1n) is 8.48. The highest BCUT2D eigenvalue weighted by molar-refractivity contribution is 14.0. The summed E-state index contributed by atoms with van der Waals surface area (Å²) in [7, 11) is 0. The van der Waals surface area contributed by atoms with E-state index in [1.54, 1.807) is 6.92 Å². The molecular weight excluding hydrogens is 450 g/mol. The third-order valence-corrected chi connectivity index (χ3v) is 4.04. The average Bonchev–Trinajstić information content (AvgIpc) is 3.05. The number of piperazine rings is 1. The second-order valence-electron chi connectivity index (χ2n) is 5.86. The van der Waals surface area contributed by atoms with Crippen LogP contribution in [0.25, 0.3) is 0 Å². The van der Waals surface area contributed by atoms with Crippen LogP contribution in [0.4, 0.5) is 10.1 Å². The molecule has 142 valence electrons. The summed E-state index contributed by atoms with van der Waals surface area (Å²) < 4.78 is 18.2. The SMILES string of the molecule is CCNC(=NCc1nc(C)no1)N1CCN(c2ccc(F)cc2)CC1.I. The van der Waals surface area contributed by atoms with Gasteiger partial charge in [-0.25, -0.2) is 9.38 Å². The fourth-order valence-electron chi connectivity index (χ4n) is 2.80. The molecule has 0 aliphatic carbocycles. The van der Waals surface area contributed by atoms with Gasteiger partial charge in [0.1, 0.15) is 12.4 Å². The van der Waals surface area contributed by atoms with Crippen LogP contribution in [0.5, 0.6) is 0 Å². The second-order valence-corrected chi connectivity index (χ2v) is 5.86. The van der Waals surface area contributed by atoms with Crippen LogP contribution < -0.4 is 10.2 Å². The minimum Gasteiger partial charge on any atom is -0.368 e. The molecule has 0 unspecified atom stereocenters. The zero-order valence-corrected chi connectivity index (χ0v) is 17.3. The molecule has 1 aliphatic heterocycles. The lowest BCUT2D eigenvalue weighted by Crippen LogP contribution is -2.52. The molecule has 2 aromatic rings. The van der Waals surface area contributed by atoms with Crippen molar-refractivity contribution in [2.45, 2.75) is 20.4 Å². The number of nitrogens with one attached hydrogen (secondary N) is 1. The minimum atomic E-state index is -0.208. The Morgan fingerprint density at radius 1 is 1.23 bits per heavy atom. The number of aliphatic imine (C=N–C) groups is 1. The molecule has 1 aliphatic rings. The first kappa shape index (κ1) is 20.4. The highest BCUT2D eigenvalue weighted by atomic mass is 127. The minimum absolute atomic E-state index is 0. The van der Waals surface area contributed by atoms with Crippen LogP contribution in [0.1, 0.15) is 18.6 Å². The summed E-state index contributed by atoms with van der Waals surface area (Å²) in [6.07, 6.45) is 0. The zero-order valence-electron chi connectivity index (χ0n) is 15.0. The van der Waals surface area contributed by atoms with Gasteiger partial charge in [0.05, 0.1) is 0 Å². The number of anilines is 1. The fourth-order valence-corrected chi connectivity index (χ4v) is 2.80. The maximum Gasteiger partial charge on any atom is 0.248 e. The summed E-state index contributed by atoms with van der Waals surface area (Å²) in [5.41, 5.74) is 1.05. The van der Waals surface area contributed by atoms with Gasteiger partial charge in [0.2, 0.25) is 5.89 Å². The van der Waals surface area contributed by atoms with Crippen molar-refractivity contribution in [3.63, 3.8) is 0 Å². The molecule has 1 saturated heterocycles. The molecule has 1 aromatic heterocycles. The van der Waals surface area contributed by atoms with Gasteiger partial charge in [-0.3, -0.25) is 0 Å². The second kappa shape index (κ2) is 9.70. The van der Waals surface area contributed by atoms with Gasteiger partial charge in [-0.15, -0.1) is 24.0 Å². The highest BCUT2D eigenvalue weighted by Crippen LogP contribution is 2.17. The Morgan fingerprint density at radius 3 is 2.50 bits per heavy atom. The molecule has 0 atom stereocenters. The number of halogens is 2. The third kappa shape index (κ3) is 5.29. The molecule has 0 radical (unpaired) electrons. The first-order valence-corrected chi connectivity index (χ1v) is 8.48. The summed E-state index contributed by atoms with van der Waals surface area (Å²) in [4.78, 5) is 13.2. The normalized spacial score (nSPS) is 15.0. The van der Waals surface area contributed by atoms with E-state index in [1.807, 2.05) is 19.1 Å². The molecule has 1 aromatic carbocycles. The van der Waals surface area contributed by atoms with E-state index in [9.17, 15) is 4.39 Å². The van der Waals surface area contributed by atoms with E-state index < -0.39 is 0 Å². The van der Waals surface area contributed by atoms with Crippen molar-refractivity contribution in [1.82, 2.24) is 20.4 Å². The number of nitrogens with zero attached hydrogens (tertiary/aromatic N) is 5. The Morgan fingerprint density at radius 2 is 1.92 bits per heavy atom. The Labute approximate surface area is 169 Å². The predicted molar refractivity (Wildman–Crippen MR) is 109 cm³/mol. The van der Waals surface area contributed by atoms with Gasteiger partial charge in [0, 0.05) is 38.4 Å². The monoisotopic (exact) mass is 474 g/mol. The molecule has 26 heavy (non-hydrogen) atoms. The Hall–Kier alpha value is -1.91. The molecule has 0 amide bonds. The lowest BCUT2D eigenvalue weighted by atomic mass is 10.2. The van der Waals surface area contributed by atoms with E-state index in [-0.39, 0.29) is 29.8 Å². The van der Waals surface area contributed by atoms with Crippen molar-refractivity contribution < 1.29 is 8.91 Å². The number of aryl methyl sites for hydroxylation is 1. The molecule has 0 spiro atoms. The topological polar surface area (TPSA) is 69.8 Å². The van der Waals surface area contributed by atoms with E-state index in [4.69, 9.17) is 4.52 Å². The van der Waals surface area contributed by atoms with Crippen molar-refractivity contribution >= 4 is 35.6 Å². The predicted octanol–water partition coefficient (Wildman–Crippen LogP) is 2.42. The van der Waals surface area contributed by atoms with Gasteiger partial charge >= 0.3 is 0 Å². The van der Waals surface area contributed by atoms with Gasteiger partial charge in [0.25, 0.3) is 0 Å². The van der Waals surface area contributed by atoms with Gasteiger partial charge in [-0.2, -0.15) is 4.98 Å². The van der Waals surface area contributed by atoms with Crippen LogP contribution in [0.2, 0.25) is 0 Å². The van der Waals surface area contributed by atoms with Crippen molar-refractivity contribution in [2.75, 3.05) is 37.6 Å². The van der Waals surface area contributed by atoms with E-state index in [0.29, 0.717) is 18.3 Å². The number of hydrogen-bond donors (Lipinski definition) is 1. The highest BCUT2D eigenvalue weighted by Gasteiger charge is 2.20. The Bertz CT molecular complexity index is 712. The average molecular weight is 474 g/mol. The summed E-state index contributed by atoms with van der Waals surface area (Å²) in [6, 6.07) is 6.64. The van der Waals surface area contributed by atoms with Crippen molar-refractivity contribution in [2.24, 2.45) is 4.99 Å². The molecule has 0 bridgehead atoms. The van der Waals surface area contributed by atoms with Crippen molar-refractivity contribution in [3.8, 4) is 0 Å². The van der Waals surface area contributed by atoms with Crippen LogP contribution in [0.15, 0.2) is 33.8 Å². The summed E-state index contributed by atoms with van der Waals surface area (Å²) >= 11 is 0. The summed E-state index contributed by atoms with van der Waals surface area (Å²) in [6.45, 7) is 8.38. The van der Waals surface area contributed by atoms with Crippen LogP contribution in [-0.2, 0) is 6.54 Å². The summed E-state index contributed by atoms with van der Waals surface area (Å²) in [5.74, 6) is 1.76. The lowest BCUT2D eigenvalue weighted by Gasteiger charge is -2.37. The number of rotatable bonds is 4. The number of guanidine groups is 1. The summed E-state index contributed by atoms with van der Waals surface area (Å²) in [5, 5.41) is 7.09. The Balaban J connectivity index is 0.00000243. The molecule has 1 fully saturated rings. The third-order valence-electron chi connectivity index (χ3n) is 4.04. The zero-order chi connectivity index (χ0) is 17.6. The molecule has 0 saturated carbocycles. The molecular formula is C17H24FIN6O. The molecule has 2 heterocycles. The number of hydrogen-bond acceptors (Lipinski definition) is 5. The quantitative estimate of drug-likeness (QED) is 0.417.